The molecule has 0 aliphatic heterocycles. The van der Waals surface area contributed by atoms with Crippen molar-refractivity contribution in [1.29, 1.82) is 0 Å². The number of hydrogen-bond acceptors (Lipinski definition) is 5. The number of aliphatic hydroxyl groups excluding tert-OH is 2. The topological polar surface area (TPSA) is 88.0 Å². The van der Waals surface area contributed by atoms with E-state index in [9.17, 15) is 9.90 Å². The van der Waals surface area contributed by atoms with E-state index in [4.69, 9.17) is 14.6 Å². The monoisotopic (exact) mass is 277 g/mol. The van der Waals surface area contributed by atoms with Crippen molar-refractivity contribution in [1.82, 2.24) is 5.32 Å². The van der Waals surface area contributed by atoms with E-state index in [-0.39, 0.29) is 18.1 Å². The molecular formula is C13H27NO5. The van der Waals surface area contributed by atoms with Gasteiger partial charge in [0.25, 0.3) is 0 Å². The third-order valence-corrected chi connectivity index (χ3v) is 2.82. The van der Waals surface area contributed by atoms with E-state index in [2.05, 4.69) is 5.32 Å². The highest BCUT2D eigenvalue weighted by atomic mass is 16.5. The van der Waals surface area contributed by atoms with Gasteiger partial charge in [0.05, 0.1) is 18.8 Å². The summed E-state index contributed by atoms with van der Waals surface area (Å²) in [6, 6.07) is -0.286. The minimum absolute atomic E-state index is 0.0867. The predicted octanol–water partition coefficient (Wildman–Crippen LogP) is 0.0629. The first kappa shape index (κ1) is 18.3. The lowest BCUT2D eigenvalue weighted by Crippen LogP contribution is -2.54. The Morgan fingerprint density at radius 3 is 2.21 bits per heavy atom. The van der Waals surface area contributed by atoms with E-state index in [1.54, 1.807) is 0 Å². The molecule has 19 heavy (non-hydrogen) atoms. The number of nitrogens with one attached hydrogen (secondary N) is 1. The van der Waals surface area contributed by atoms with Crippen LogP contribution in [0.5, 0.6) is 0 Å². The van der Waals surface area contributed by atoms with Crippen molar-refractivity contribution < 1.29 is 24.5 Å². The van der Waals surface area contributed by atoms with Gasteiger partial charge in [-0.3, -0.25) is 4.79 Å². The third-order valence-electron chi connectivity index (χ3n) is 2.82. The largest absolute Gasteiger partial charge is 0.394 e. The van der Waals surface area contributed by atoms with Crippen molar-refractivity contribution in [2.45, 2.75) is 64.6 Å². The second-order valence-corrected chi connectivity index (χ2v) is 4.81. The maximum absolute atomic E-state index is 11.2. The SMILES string of the molecule is CCC(NC(C)=O)[C@@H](OC(C)C)[C@H](OC)C(O)CO. The number of carbonyl (C=O) groups excluding carboxylic acids is 1. The van der Waals surface area contributed by atoms with Gasteiger partial charge in [-0.2, -0.15) is 0 Å². The first-order chi connectivity index (χ1) is 8.87. The predicted molar refractivity (Wildman–Crippen MR) is 71.8 cm³/mol. The molecule has 0 bridgehead atoms. The summed E-state index contributed by atoms with van der Waals surface area (Å²) in [6.07, 6.45) is -1.74. The molecule has 0 aliphatic carbocycles. The lowest BCUT2D eigenvalue weighted by molar-refractivity contribution is -0.146. The zero-order valence-corrected chi connectivity index (χ0v) is 12.4. The summed E-state index contributed by atoms with van der Waals surface area (Å²) in [7, 11) is 1.45. The Labute approximate surface area is 115 Å². The molecule has 6 heteroatoms. The summed E-state index contributed by atoms with van der Waals surface area (Å²) in [4.78, 5) is 11.2. The van der Waals surface area contributed by atoms with Crippen LogP contribution in [0.25, 0.3) is 0 Å². The van der Waals surface area contributed by atoms with Crippen LogP contribution >= 0.6 is 0 Å². The van der Waals surface area contributed by atoms with E-state index >= 15 is 0 Å². The molecule has 1 amide bonds. The summed E-state index contributed by atoms with van der Waals surface area (Å²) in [5.41, 5.74) is 0. The Kier molecular flexibility index (Phi) is 8.92. The molecule has 4 atom stereocenters. The third kappa shape index (κ3) is 6.33. The number of carbonyl (C=O) groups is 1. The van der Waals surface area contributed by atoms with Crippen molar-refractivity contribution in [2.24, 2.45) is 0 Å². The van der Waals surface area contributed by atoms with Crippen LogP contribution in [0, 0.1) is 0 Å². The normalized spacial score (nSPS) is 17.9. The Bertz CT molecular complexity index is 259. The van der Waals surface area contributed by atoms with Gasteiger partial charge < -0.3 is 25.0 Å². The van der Waals surface area contributed by atoms with Gasteiger partial charge in [-0.1, -0.05) is 6.92 Å². The summed E-state index contributed by atoms with van der Waals surface area (Å²) >= 11 is 0. The highest BCUT2D eigenvalue weighted by molar-refractivity contribution is 5.73. The number of rotatable bonds is 9. The van der Waals surface area contributed by atoms with E-state index in [0.29, 0.717) is 6.42 Å². The molecule has 0 saturated heterocycles. The van der Waals surface area contributed by atoms with Crippen molar-refractivity contribution in [2.75, 3.05) is 13.7 Å². The maximum atomic E-state index is 11.2. The summed E-state index contributed by atoms with van der Waals surface area (Å²) in [5.74, 6) is -0.169. The fourth-order valence-corrected chi connectivity index (χ4v) is 2.01. The molecule has 0 spiro atoms. The van der Waals surface area contributed by atoms with Crippen LogP contribution in [-0.2, 0) is 14.3 Å². The van der Waals surface area contributed by atoms with Gasteiger partial charge in [-0.25, -0.2) is 0 Å². The quantitative estimate of drug-likeness (QED) is 0.555. The maximum Gasteiger partial charge on any atom is 0.217 e. The van der Waals surface area contributed by atoms with Crippen molar-refractivity contribution in [3.05, 3.63) is 0 Å². The fraction of sp³-hybridized carbons (Fsp3) is 0.923. The molecule has 0 aromatic rings. The number of hydrogen-bond donors (Lipinski definition) is 3. The Balaban J connectivity index is 5.07. The number of aliphatic hydroxyl groups is 2. The van der Waals surface area contributed by atoms with Crippen LogP contribution in [0.15, 0.2) is 0 Å². The lowest BCUT2D eigenvalue weighted by Gasteiger charge is -2.35. The molecule has 0 aromatic heterocycles. The Hall–Kier alpha value is -0.690. The molecule has 0 fully saturated rings. The van der Waals surface area contributed by atoms with Gasteiger partial charge in [0, 0.05) is 14.0 Å². The van der Waals surface area contributed by atoms with Gasteiger partial charge in [-0.15, -0.1) is 0 Å². The van der Waals surface area contributed by atoms with Crippen molar-refractivity contribution >= 4 is 5.91 Å². The van der Waals surface area contributed by atoms with E-state index in [1.165, 1.54) is 14.0 Å². The van der Waals surface area contributed by atoms with Crippen LogP contribution < -0.4 is 5.32 Å². The van der Waals surface area contributed by atoms with Crippen molar-refractivity contribution in [3.8, 4) is 0 Å². The van der Waals surface area contributed by atoms with Gasteiger partial charge >= 0.3 is 0 Å². The highest BCUT2D eigenvalue weighted by Crippen LogP contribution is 2.17. The highest BCUT2D eigenvalue weighted by Gasteiger charge is 2.35. The van der Waals surface area contributed by atoms with E-state index < -0.39 is 24.9 Å². The van der Waals surface area contributed by atoms with Gasteiger partial charge in [0.2, 0.25) is 5.91 Å². The first-order valence-corrected chi connectivity index (χ1v) is 6.61. The van der Waals surface area contributed by atoms with Crippen molar-refractivity contribution in [3.63, 3.8) is 0 Å². The Morgan fingerprint density at radius 1 is 1.32 bits per heavy atom. The lowest BCUT2D eigenvalue weighted by atomic mass is 9.98. The number of amides is 1. The van der Waals surface area contributed by atoms with Crippen LogP contribution in [0.4, 0.5) is 0 Å². The minimum Gasteiger partial charge on any atom is -0.394 e. The van der Waals surface area contributed by atoms with Crippen LogP contribution in [0.2, 0.25) is 0 Å². The second kappa shape index (κ2) is 9.25. The standard InChI is InChI=1S/C13H27NO5/c1-6-10(14-9(4)16)12(19-8(2)3)13(18-5)11(17)7-15/h8,10-13,15,17H,6-7H2,1-5H3,(H,14,16)/t10?,11?,12-,13-/m1/s1. The molecule has 0 saturated carbocycles. The minimum atomic E-state index is -1.06. The van der Waals surface area contributed by atoms with Gasteiger partial charge in [0.15, 0.2) is 0 Å². The molecule has 2 unspecified atom stereocenters. The number of methoxy groups -OCH3 is 1. The summed E-state index contributed by atoms with van der Waals surface area (Å²) in [6.45, 7) is 6.65. The van der Waals surface area contributed by atoms with Gasteiger partial charge in [0.1, 0.15) is 18.3 Å². The molecule has 0 heterocycles. The second-order valence-electron chi connectivity index (χ2n) is 4.81. The molecule has 0 radical (unpaired) electrons. The smallest absolute Gasteiger partial charge is 0.217 e. The molecule has 0 rings (SSSR count). The van der Waals surface area contributed by atoms with E-state index in [0.717, 1.165) is 0 Å². The molecule has 6 nitrogen and oxygen atoms in total. The fourth-order valence-electron chi connectivity index (χ4n) is 2.01. The van der Waals surface area contributed by atoms with Crippen LogP contribution in [0.3, 0.4) is 0 Å². The van der Waals surface area contributed by atoms with Gasteiger partial charge in [-0.05, 0) is 20.3 Å². The molecule has 114 valence electrons. The summed E-state index contributed by atoms with van der Waals surface area (Å²) < 4.78 is 11.0. The Morgan fingerprint density at radius 2 is 1.89 bits per heavy atom. The van der Waals surface area contributed by atoms with E-state index in [1.807, 2.05) is 20.8 Å². The molecule has 3 N–H and O–H groups in total. The van der Waals surface area contributed by atoms with Crippen LogP contribution in [-0.4, -0.2) is 60.3 Å². The molecule has 0 aromatic carbocycles. The average molecular weight is 277 g/mol. The molecular weight excluding hydrogens is 250 g/mol. The first-order valence-electron chi connectivity index (χ1n) is 6.61. The molecule has 0 aliphatic rings. The average Bonchev–Trinajstić information content (AvgIpc) is 2.34. The number of ether oxygens (including phenoxy) is 2. The zero-order valence-electron chi connectivity index (χ0n) is 12.4. The van der Waals surface area contributed by atoms with Crippen LogP contribution in [0.1, 0.15) is 34.1 Å². The summed E-state index contributed by atoms with van der Waals surface area (Å²) in [5, 5.41) is 21.7. The zero-order chi connectivity index (χ0) is 15.0.